The van der Waals surface area contributed by atoms with Gasteiger partial charge in [-0.25, -0.2) is 0 Å². The maximum atomic E-state index is 4.45. The third kappa shape index (κ3) is 5.45. The molecule has 1 saturated carbocycles. The summed E-state index contributed by atoms with van der Waals surface area (Å²) in [5.74, 6) is 0.935. The normalized spacial score (nSPS) is 21.3. The lowest BCUT2D eigenvalue weighted by Gasteiger charge is -2.34. The molecule has 0 bridgehead atoms. The van der Waals surface area contributed by atoms with Crippen LogP contribution in [0, 0.1) is 0 Å². The molecule has 2 aliphatic rings. The van der Waals surface area contributed by atoms with Crippen LogP contribution in [0.5, 0.6) is 0 Å². The fourth-order valence-electron chi connectivity index (χ4n) is 4.55. The molecule has 0 amide bonds. The Bertz CT molecular complexity index is 572. The van der Waals surface area contributed by atoms with Crippen molar-refractivity contribution in [3.05, 3.63) is 35.9 Å². The first-order chi connectivity index (χ1) is 13.3. The van der Waals surface area contributed by atoms with E-state index in [4.69, 9.17) is 0 Å². The lowest BCUT2D eigenvalue weighted by atomic mass is 9.79. The molecule has 1 aliphatic heterocycles. The van der Waals surface area contributed by atoms with Gasteiger partial charge in [-0.15, -0.1) is 0 Å². The Kier molecular flexibility index (Phi) is 7.53. The molecule has 2 N–H and O–H groups in total. The molecule has 0 aromatic heterocycles. The Labute approximate surface area is 165 Å². The summed E-state index contributed by atoms with van der Waals surface area (Å²) in [5, 5.41) is 7.13. The van der Waals surface area contributed by atoms with E-state index in [1.54, 1.807) is 0 Å². The van der Waals surface area contributed by atoms with Gasteiger partial charge in [0.1, 0.15) is 0 Å². The molecule has 0 unspecified atom stereocenters. The summed E-state index contributed by atoms with van der Waals surface area (Å²) in [7, 11) is 1.87. The molecule has 1 aliphatic carbocycles. The Balaban J connectivity index is 1.45. The number of benzene rings is 1. The minimum Gasteiger partial charge on any atom is -0.356 e. The van der Waals surface area contributed by atoms with Crippen LogP contribution >= 0.6 is 0 Å². The first-order valence-electron chi connectivity index (χ1n) is 10.7. The van der Waals surface area contributed by atoms with Gasteiger partial charge in [-0.05, 0) is 24.9 Å². The number of piperazine rings is 1. The van der Waals surface area contributed by atoms with Gasteiger partial charge < -0.3 is 15.5 Å². The zero-order valence-corrected chi connectivity index (χ0v) is 17.2. The summed E-state index contributed by atoms with van der Waals surface area (Å²) >= 11 is 0. The predicted octanol–water partition coefficient (Wildman–Crippen LogP) is 2.30. The highest BCUT2D eigenvalue weighted by Crippen LogP contribution is 2.40. The Hall–Kier alpha value is -1.59. The second kappa shape index (κ2) is 10.1. The van der Waals surface area contributed by atoms with Crippen LogP contribution in [-0.4, -0.2) is 75.2 Å². The monoisotopic (exact) mass is 371 g/mol. The van der Waals surface area contributed by atoms with Gasteiger partial charge >= 0.3 is 0 Å². The molecule has 1 heterocycles. The quantitative estimate of drug-likeness (QED) is 0.570. The van der Waals surface area contributed by atoms with E-state index in [9.17, 15) is 0 Å². The summed E-state index contributed by atoms with van der Waals surface area (Å²) in [5.41, 5.74) is 1.73. The van der Waals surface area contributed by atoms with Crippen molar-refractivity contribution in [3.8, 4) is 0 Å². The van der Waals surface area contributed by atoms with Crippen molar-refractivity contribution < 1.29 is 0 Å². The zero-order valence-electron chi connectivity index (χ0n) is 17.2. The third-order valence-corrected chi connectivity index (χ3v) is 6.40. The van der Waals surface area contributed by atoms with E-state index in [2.05, 4.69) is 62.7 Å². The maximum Gasteiger partial charge on any atom is 0.191 e. The van der Waals surface area contributed by atoms with Crippen molar-refractivity contribution in [2.24, 2.45) is 4.99 Å². The van der Waals surface area contributed by atoms with Crippen molar-refractivity contribution in [1.29, 1.82) is 0 Å². The van der Waals surface area contributed by atoms with Crippen LogP contribution in [0.3, 0.4) is 0 Å². The molecular weight excluding hydrogens is 334 g/mol. The summed E-state index contributed by atoms with van der Waals surface area (Å²) in [6.45, 7) is 11.2. The molecular formula is C22H37N5. The average molecular weight is 372 g/mol. The van der Waals surface area contributed by atoms with Gasteiger partial charge in [0.25, 0.3) is 0 Å². The molecule has 5 nitrogen and oxygen atoms in total. The van der Waals surface area contributed by atoms with Gasteiger partial charge in [0.15, 0.2) is 5.96 Å². The SMILES string of the molecule is CCN1CCN(CCNC(=NC)NCC2(c3ccccc3)CCCC2)CC1. The van der Waals surface area contributed by atoms with Gasteiger partial charge in [-0.1, -0.05) is 50.1 Å². The molecule has 27 heavy (non-hydrogen) atoms. The van der Waals surface area contributed by atoms with Crippen molar-refractivity contribution in [2.45, 2.75) is 38.0 Å². The molecule has 0 atom stereocenters. The van der Waals surface area contributed by atoms with Crippen molar-refractivity contribution in [1.82, 2.24) is 20.4 Å². The van der Waals surface area contributed by atoms with Crippen LogP contribution in [-0.2, 0) is 5.41 Å². The minimum absolute atomic E-state index is 0.259. The van der Waals surface area contributed by atoms with E-state index < -0.39 is 0 Å². The fraction of sp³-hybridized carbons (Fsp3) is 0.682. The van der Waals surface area contributed by atoms with Crippen LogP contribution in [0.4, 0.5) is 0 Å². The van der Waals surface area contributed by atoms with E-state index in [-0.39, 0.29) is 5.41 Å². The van der Waals surface area contributed by atoms with Crippen molar-refractivity contribution >= 4 is 5.96 Å². The van der Waals surface area contributed by atoms with E-state index in [1.807, 2.05) is 7.05 Å². The van der Waals surface area contributed by atoms with Gasteiger partial charge in [-0.3, -0.25) is 9.89 Å². The van der Waals surface area contributed by atoms with Gasteiger partial charge in [0.05, 0.1) is 0 Å². The molecule has 1 aromatic rings. The Morgan fingerprint density at radius 1 is 1.00 bits per heavy atom. The van der Waals surface area contributed by atoms with E-state index in [0.717, 1.165) is 25.6 Å². The highest BCUT2D eigenvalue weighted by atomic mass is 15.3. The second-order valence-corrected chi connectivity index (χ2v) is 7.98. The van der Waals surface area contributed by atoms with Crippen molar-refractivity contribution in [2.75, 3.05) is 59.4 Å². The molecule has 150 valence electrons. The third-order valence-electron chi connectivity index (χ3n) is 6.40. The van der Waals surface area contributed by atoms with Crippen LogP contribution in [0.25, 0.3) is 0 Å². The van der Waals surface area contributed by atoms with E-state index in [0.29, 0.717) is 0 Å². The zero-order chi connectivity index (χ0) is 19.0. The Morgan fingerprint density at radius 3 is 2.30 bits per heavy atom. The number of likely N-dealkylation sites (N-methyl/N-ethyl adjacent to an activating group) is 1. The fourth-order valence-corrected chi connectivity index (χ4v) is 4.55. The number of hydrogen-bond acceptors (Lipinski definition) is 3. The highest BCUT2D eigenvalue weighted by molar-refractivity contribution is 5.79. The molecule has 3 rings (SSSR count). The number of guanidine groups is 1. The summed E-state index contributed by atoms with van der Waals surface area (Å²) in [4.78, 5) is 9.52. The van der Waals surface area contributed by atoms with Crippen LogP contribution in [0.2, 0.25) is 0 Å². The molecule has 5 heteroatoms. The number of nitrogens with zero attached hydrogens (tertiary/aromatic N) is 3. The first kappa shape index (κ1) is 20.2. The number of hydrogen-bond donors (Lipinski definition) is 2. The summed E-state index contributed by atoms with van der Waals surface area (Å²) in [6.07, 6.45) is 5.18. The topological polar surface area (TPSA) is 42.9 Å². The Morgan fingerprint density at radius 2 is 1.67 bits per heavy atom. The maximum absolute atomic E-state index is 4.45. The number of aliphatic imine (C=N–C) groups is 1. The lowest BCUT2D eigenvalue weighted by Crippen LogP contribution is -2.50. The molecule has 0 radical (unpaired) electrons. The molecule has 1 aromatic carbocycles. The highest BCUT2D eigenvalue weighted by Gasteiger charge is 2.35. The summed E-state index contributed by atoms with van der Waals surface area (Å²) < 4.78 is 0. The average Bonchev–Trinajstić information content (AvgIpc) is 3.22. The summed E-state index contributed by atoms with van der Waals surface area (Å²) in [6, 6.07) is 11.0. The smallest absolute Gasteiger partial charge is 0.191 e. The van der Waals surface area contributed by atoms with Gasteiger partial charge in [-0.2, -0.15) is 0 Å². The van der Waals surface area contributed by atoms with Crippen LogP contribution < -0.4 is 10.6 Å². The van der Waals surface area contributed by atoms with E-state index in [1.165, 1.54) is 64.0 Å². The molecule has 2 fully saturated rings. The van der Waals surface area contributed by atoms with Gasteiger partial charge in [0.2, 0.25) is 0 Å². The molecule has 0 spiro atoms. The van der Waals surface area contributed by atoms with E-state index >= 15 is 0 Å². The predicted molar refractivity (Wildman–Crippen MR) is 115 cm³/mol. The van der Waals surface area contributed by atoms with Crippen LogP contribution in [0.1, 0.15) is 38.2 Å². The second-order valence-electron chi connectivity index (χ2n) is 7.98. The molecule has 1 saturated heterocycles. The lowest BCUT2D eigenvalue weighted by molar-refractivity contribution is 0.139. The number of rotatable bonds is 7. The number of nitrogens with one attached hydrogen (secondary N) is 2. The van der Waals surface area contributed by atoms with Gasteiger partial charge in [0, 0.05) is 58.3 Å². The van der Waals surface area contributed by atoms with Crippen LogP contribution in [0.15, 0.2) is 35.3 Å². The van der Waals surface area contributed by atoms with Crippen molar-refractivity contribution in [3.63, 3.8) is 0 Å². The standard InChI is InChI=1S/C22H37N5/c1-3-26-15-17-27(18-16-26)14-13-24-21(23-2)25-19-22(11-7-8-12-22)20-9-5-4-6-10-20/h4-6,9-10H,3,7-8,11-19H2,1-2H3,(H2,23,24,25). The first-order valence-corrected chi connectivity index (χ1v) is 10.7. The largest absolute Gasteiger partial charge is 0.356 e. The minimum atomic E-state index is 0.259.